The molecule has 0 bridgehead atoms. The van der Waals surface area contributed by atoms with Gasteiger partial charge in [0.1, 0.15) is 5.52 Å². The number of aromatic nitrogens is 1. The summed E-state index contributed by atoms with van der Waals surface area (Å²) in [6.07, 6.45) is 0. The van der Waals surface area contributed by atoms with Crippen molar-refractivity contribution in [3.05, 3.63) is 206 Å². The predicted molar refractivity (Wildman–Crippen MR) is 225 cm³/mol. The lowest BCUT2D eigenvalue weighted by atomic mass is 9.96. The largest absolute Gasteiger partial charge is 0.435 e. The van der Waals surface area contributed by atoms with Crippen molar-refractivity contribution < 1.29 is 4.42 Å². The molecule has 10 aromatic rings. The molecule has 0 N–H and O–H groups in total. The van der Waals surface area contributed by atoms with E-state index in [1.54, 1.807) is 0 Å². The van der Waals surface area contributed by atoms with Crippen LogP contribution >= 0.6 is 0 Å². The molecule has 0 unspecified atom stereocenters. The van der Waals surface area contributed by atoms with E-state index in [2.05, 4.69) is 181 Å². The summed E-state index contributed by atoms with van der Waals surface area (Å²) in [5, 5.41) is 4.53. The van der Waals surface area contributed by atoms with Gasteiger partial charge in [0.05, 0.1) is 0 Å². The van der Waals surface area contributed by atoms with Crippen molar-refractivity contribution >= 4 is 49.7 Å². The van der Waals surface area contributed by atoms with E-state index in [9.17, 15) is 0 Å². The monoisotopic (exact) mass is 690 g/mol. The third-order valence-corrected chi connectivity index (χ3v) is 10.3. The molecule has 0 saturated heterocycles. The van der Waals surface area contributed by atoms with Crippen LogP contribution < -0.4 is 4.90 Å². The van der Waals surface area contributed by atoms with Gasteiger partial charge in [0.2, 0.25) is 5.89 Å². The molecule has 0 amide bonds. The van der Waals surface area contributed by atoms with Gasteiger partial charge in [-0.2, -0.15) is 0 Å². The third kappa shape index (κ3) is 5.78. The molecule has 9 aromatic carbocycles. The first kappa shape index (κ1) is 31.5. The lowest BCUT2D eigenvalue weighted by Crippen LogP contribution is -2.09. The fraction of sp³-hybridized carbons (Fsp3) is 0. The minimum absolute atomic E-state index is 0.635. The molecule has 0 aliphatic heterocycles. The molecule has 1 aromatic heterocycles. The molecule has 0 aliphatic carbocycles. The van der Waals surface area contributed by atoms with Gasteiger partial charge < -0.3 is 9.32 Å². The van der Waals surface area contributed by atoms with Crippen molar-refractivity contribution in [1.29, 1.82) is 0 Å². The number of hydrogen-bond donors (Lipinski definition) is 0. The zero-order valence-electron chi connectivity index (χ0n) is 29.4. The number of oxazole rings is 1. The second-order valence-electron chi connectivity index (χ2n) is 13.6. The summed E-state index contributed by atoms with van der Waals surface area (Å²) < 4.78 is 6.50. The van der Waals surface area contributed by atoms with Gasteiger partial charge in [-0.1, -0.05) is 146 Å². The maximum atomic E-state index is 6.50. The molecule has 254 valence electrons. The first-order valence-corrected chi connectivity index (χ1v) is 18.3. The number of fused-ring (bicyclic) bond motifs is 5. The molecule has 3 nitrogen and oxygen atoms in total. The zero-order valence-corrected chi connectivity index (χ0v) is 29.4. The Balaban J connectivity index is 1.04. The number of hydrogen-bond acceptors (Lipinski definition) is 3. The second kappa shape index (κ2) is 13.4. The average molecular weight is 691 g/mol. The highest BCUT2D eigenvalue weighted by Crippen LogP contribution is 2.40. The highest BCUT2D eigenvalue weighted by atomic mass is 16.3. The number of anilines is 3. The molecule has 0 saturated carbocycles. The summed E-state index contributed by atoms with van der Waals surface area (Å²) in [6.45, 7) is 0. The van der Waals surface area contributed by atoms with Crippen LogP contribution in [-0.4, -0.2) is 4.98 Å². The molecule has 1 heterocycles. The Morgan fingerprint density at radius 2 is 0.759 bits per heavy atom. The van der Waals surface area contributed by atoms with Crippen LogP contribution in [0.25, 0.3) is 77.5 Å². The first-order chi connectivity index (χ1) is 26.7. The Bertz CT molecular complexity index is 2800. The van der Waals surface area contributed by atoms with E-state index in [1.807, 2.05) is 30.3 Å². The van der Waals surface area contributed by atoms with Gasteiger partial charge in [-0.3, -0.25) is 0 Å². The smallest absolute Gasteiger partial charge is 0.227 e. The van der Waals surface area contributed by atoms with Crippen LogP contribution in [-0.2, 0) is 0 Å². The molecule has 0 atom stereocenters. The molecule has 0 aliphatic rings. The van der Waals surface area contributed by atoms with Crippen molar-refractivity contribution in [3.63, 3.8) is 0 Å². The van der Waals surface area contributed by atoms with Crippen molar-refractivity contribution in [3.8, 4) is 44.8 Å². The van der Waals surface area contributed by atoms with Gasteiger partial charge in [-0.15, -0.1) is 0 Å². The Kier molecular flexibility index (Phi) is 7.81. The Morgan fingerprint density at radius 1 is 0.352 bits per heavy atom. The van der Waals surface area contributed by atoms with E-state index in [1.165, 1.54) is 22.3 Å². The van der Waals surface area contributed by atoms with Crippen LogP contribution in [0.3, 0.4) is 0 Å². The highest BCUT2D eigenvalue weighted by Gasteiger charge is 2.16. The molecule has 0 fully saturated rings. The van der Waals surface area contributed by atoms with Crippen LogP contribution in [0.2, 0.25) is 0 Å². The predicted octanol–water partition coefficient (Wildman–Crippen LogP) is 14.3. The Hall–Kier alpha value is -7.23. The van der Waals surface area contributed by atoms with Crippen molar-refractivity contribution in [2.45, 2.75) is 0 Å². The van der Waals surface area contributed by atoms with E-state index in [0.717, 1.165) is 66.4 Å². The van der Waals surface area contributed by atoms with Gasteiger partial charge >= 0.3 is 0 Å². The zero-order chi connectivity index (χ0) is 35.8. The minimum Gasteiger partial charge on any atom is -0.435 e. The summed E-state index contributed by atoms with van der Waals surface area (Å²) in [7, 11) is 0. The van der Waals surface area contributed by atoms with Gasteiger partial charge in [0, 0.05) is 28.0 Å². The minimum atomic E-state index is 0.635. The summed E-state index contributed by atoms with van der Waals surface area (Å²) in [5.41, 5.74) is 13.0. The van der Waals surface area contributed by atoms with Gasteiger partial charge in [-0.25, -0.2) is 4.98 Å². The van der Waals surface area contributed by atoms with Crippen molar-refractivity contribution in [2.24, 2.45) is 0 Å². The maximum Gasteiger partial charge on any atom is 0.227 e. The molecule has 3 heteroatoms. The molecule has 0 spiro atoms. The Morgan fingerprint density at radius 3 is 1.30 bits per heavy atom. The molecule has 10 rings (SSSR count). The van der Waals surface area contributed by atoms with E-state index >= 15 is 0 Å². The van der Waals surface area contributed by atoms with Crippen molar-refractivity contribution in [2.75, 3.05) is 4.90 Å². The third-order valence-electron chi connectivity index (χ3n) is 10.3. The van der Waals surface area contributed by atoms with E-state index < -0.39 is 0 Å². The van der Waals surface area contributed by atoms with Crippen LogP contribution in [0.15, 0.2) is 211 Å². The second-order valence-corrected chi connectivity index (χ2v) is 13.6. The van der Waals surface area contributed by atoms with E-state index in [-0.39, 0.29) is 0 Å². The van der Waals surface area contributed by atoms with Crippen LogP contribution in [0, 0.1) is 0 Å². The van der Waals surface area contributed by atoms with E-state index in [0.29, 0.717) is 5.89 Å². The SMILES string of the molecule is c1ccc(-c2ccc(N(c3ccc(-c4ccccc4)cc3)c3ccc(-c4ccc5ccc6ccc7nc(-c8ccccc8)oc7c6c5c4)cc3)cc2)cc1. The lowest BCUT2D eigenvalue weighted by Gasteiger charge is -2.26. The number of benzene rings is 9. The Labute approximate surface area is 314 Å². The molecule has 0 radical (unpaired) electrons. The normalized spacial score (nSPS) is 11.3. The first-order valence-electron chi connectivity index (χ1n) is 18.3. The summed E-state index contributed by atoms with van der Waals surface area (Å²) >= 11 is 0. The van der Waals surface area contributed by atoms with Gasteiger partial charge in [0.15, 0.2) is 5.58 Å². The number of rotatable bonds is 7. The van der Waals surface area contributed by atoms with Gasteiger partial charge in [-0.05, 0) is 110 Å². The standard InChI is InChI=1S/C51H34N2O/c1-4-10-35(11-5-1)37-20-27-44(28-21-37)53(45-29-22-38(23-30-45)36-12-6-2-7-13-36)46-31-24-39(25-32-46)43-19-17-40-16-18-41-26-33-48-50(49(41)47(40)34-43)54-51(52-48)42-14-8-3-9-15-42/h1-34H. The highest BCUT2D eigenvalue weighted by molar-refractivity contribution is 6.18. The molecular weight excluding hydrogens is 657 g/mol. The average Bonchev–Trinajstić information content (AvgIpc) is 3.70. The van der Waals surface area contributed by atoms with Crippen LogP contribution in [0.4, 0.5) is 17.1 Å². The number of nitrogens with zero attached hydrogens (tertiary/aromatic N) is 2. The van der Waals surface area contributed by atoms with Crippen molar-refractivity contribution in [1.82, 2.24) is 4.98 Å². The molecular formula is C51H34N2O. The molecule has 54 heavy (non-hydrogen) atoms. The summed E-state index contributed by atoms with van der Waals surface area (Å²) in [4.78, 5) is 7.19. The van der Waals surface area contributed by atoms with Crippen LogP contribution in [0.1, 0.15) is 0 Å². The maximum absolute atomic E-state index is 6.50. The fourth-order valence-electron chi connectivity index (χ4n) is 7.52. The van der Waals surface area contributed by atoms with Crippen LogP contribution in [0.5, 0.6) is 0 Å². The fourth-order valence-corrected chi connectivity index (χ4v) is 7.52. The lowest BCUT2D eigenvalue weighted by molar-refractivity contribution is 0.623. The van der Waals surface area contributed by atoms with E-state index in [4.69, 9.17) is 9.40 Å². The summed E-state index contributed by atoms with van der Waals surface area (Å²) in [6, 6.07) is 73.0. The summed E-state index contributed by atoms with van der Waals surface area (Å²) in [5.74, 6) is 0.635. The topological polar surface area (TPSA) is 29.3 Å². The van der Waals surface area contributed by atoms with Gasteiger partial charge in [0.25, 0.3) is 0 Å². The quantitative estimate of drug-likeness (QED) is 0.156.